The Balaban J connectivity index is 1.42. The number of hydrogen-bond donors (Lipinski definition) is 2. The first-order valence-electron chi connectivity index (χ1n) is 8.70. The van der Waals surface area contributed by atoms with E-state index in [4.69, 9.17) is 9.84 Å². The van der Waals surface area contributed by atoms with Gasteiger partial charge in [0.1, 0.15) is 5.75 Å². The van der Waals surface area contributed by atoms with Crippen molar-refractivity contribution in [1.82, 2.24) is 25.0 Å². The molecule has 0 saturated carbocycles. The summed E-state index contributed by atoms with van der Waals surface area (Å²) in [7, 11) is 0. The number of rotatable bonds is 7. The summed E-state index contributed by atoms with van der Waals surface area (Å²) in [6, 6.07) is 15.3. The Bertz CT molecular complexity index is 976. The predicted octanol–water partition coefficient (Wildman–Crippen LogP) is 3.51. The lowest BCUT2D eigenvalue weighted by atomic mass is 10.1. The fourth-order valence-corrected chi connectivity index (χ4v) is 2.70. The molecule has 0 fully saturated rings. The standard InChI is InChI=1S/C20H19N5O2/c26-13-1-11-25-12-9-19(24-25)15-2-5-17(6-3-15)27-20-7-4-16(14-21-20)18-8-10-22-23-18/h2-10,12,14,26H,1,11,13H2,(H,22,23). The zero-order valence-electron chi connectivity index (χ0n) is 14.6. The number of hydrogen-bond acceptors (Lipinski definition) is 5. The quantitative estimate of drug-likeness (QED) is 0.526. The molecule has 27 heavy (non-hydrogen) atoms. The van der Waals surface area contributed by atoms with Gasteiger partial charge in [-0.2, -0.15) is 10.2 Å². The maximum Gasteiger partial charge on any atom is 0.219 e. The van der Waals surface area contributed by atoms with E-state index in [9.17, 15) is 0 Å². The highest BCUT2D eigenvalue weighted by atomic mass is 16.5. The van der Waals surface area contributed by atoms with Crippen molar-refractivity contribution in [2.24, 2.45) is 0 Å². The summed E-state index contributed by atoms with van der Waals surface area (Å²) < 4.78 is 7.64. The summed E-state index contributed by atoms with van der Waals surface area (Å²) >= 11 is 0. The average Bonchev–Trinajstić information content (AvgIpc) is 3.40. The molecule has 2 N–H and O–H groups in total. The first-order valence-corrected chi connectivity index (χ1v) is 8.70. The molecule has 0 radical (unpaired) electrons. The fraction of sp³-hybridized carbons (Fsp3) is 0.150. The topological polar surface area (TPSA) is 88.9 Å². The molecule has 0 aliphatic rings. The number of H-pyrrole nitrogens is 1. The van der Waals surface area contributed by atoms with Gasteiger partial charge in [-0.05, 0) is 48.9 Å². The fourth-order valence-electron chi connectivity index (χ4n) is 2.70. The van der Waals surface area contributed by atoms with Crippen LogP contribution in [0.4, 0.5) is 0 Å². The van der Waals surface area contributed by atoms with Crippen LogP contribution in [0, 0.1) is 0 Å². The Morgan fingerprint density at radius 3 is 2.56 bits per heavy atom. The van der Waals surface area contributed by atoms with Crippen LogP contribution >= 0.6 is 0 Å². The van der Waals surface area contributed by atoms with Crippen molar-refractivity contribution in [3.05, 3.63) is 67.1 Å². The van der Waals surface area contributed by atoms with Gasteiger partial charge in [0.15, 0.2) is 0 Å². The molecule has 0 aliphatic heterocycles. The first kappa shape index (κ1) is 17.0. The number of aromatic amines is 1. The molecular weight excluding hydrogens is 342 g/mol. The third-order valence-corrected chi connectivity index (χ3v) is 4.11. The summed E-state index contributed by atoms with van der Waals surface area (Å²) in [6.07, 6.45) is 6.06. The van der Waals surface area contributed by atoms with E-state index in [0.717, 1.165) is 22.5 Å². The molecule has 3 heterocycles. The number of nitrogens with zero attached hydrogens (tertiary/aromatic N) is 4. The van der Waals surface area contributed by atoms with Crippen LogP contribution in [-0.2, 0) is 6.54 Å². The highest BCUT2D eigenvalue weighted by Crippen LogP contribution is 2.25. The normalized spacial score (nSPS) is 10.9. The van der Waals surface area contributed by atoms with Gasteiger partial charge in [-0.3, -0.25) is 9.78 Å². The third kappa shape index (κ3) is 4.04. The number of aromatic nitrogens is 5. The molecule has 4 aromatic rings. The Morgan fingerprint density at radius 1 is 1.00 bits per heavy atom. The largest absolute Gasteiger partial charge is 0.439 e. The molecule has 4 rings (SSSR count). The van der Waals surface area contributed by atoms with E-state index in [-0.39, 0.29) is 6.61 Å². The second-order valence-corrected chi connectivity index (χ2v) is 6.02. The van der Waals surface area contributed by atoms with Crippen LogP contribution in [0.1, 0.15) is 6.42 Å². The molecule has 7 nitrogen and oxygen atoms in total. The van der Waals surface area contributed by atoms with Crippen molar-refractivity contribution in [3.8, 4) is 34.1 Å². The van der Waals surface area contributed by atoms with E-state index in [1.54, 1.807) is 12.4 Å². The first-order chi connectivity index (χ1) is 13.3. The molecule has 0 unspecified atom stereocenters. The Morgan fingerprint density at radius 2 is 1.85 bits per heavy atom. The zero-order valence-corrected chi connectivity index (χ0v) is 14.6. The highest BCUT2D eigenvalue weighted by molar-refractivity contribution is 5.60. The minimum atomic E-state index is 0.165. The van der Waals surface area contributed by atoms with Crippen LogP contribution in [0.15, 0.2) is 67.1 Å². The minimum Gasteiger partial charge on any atom is -0.439 e. The second kappa shape index (κ2) is 7.84. The summed E-state index contributed by atoms with van der Waals surface area (Å²) in [6.45, 7) is 0.871. The third-order valence-electron chi connectivity index (χ3n) is 4.11. The van der Waals surface area contributed by atoms with E-state index in [1.807, 2.05) is 59.4 Å². The van der Waals surface area contributed by atoms with Crippen molar-refractivity contribution in [1.29, 1.82) is 0 Å². The van der Waals surface area contributed by atoms with Crippen LogP contribution < -0.4 is 4.74 Å². The molecule has 136 valence electrons. The molecule has 0 bridgehead atoms. The molecule has 3 aromatic heterocycles. The van der Waals surface area contributed by atoms with Gasteiger partial charge in [0.2, 0.25) is 5.88 Å². The number of nitrogens with one attached hydrogen (secondary N) is 1. The van der Waals surface area contributed by atoms with E-state index in [1.165, 1.54) is 0 Å². The zero-order chi connectivity index (χ0) is 18.5. The summed E-state index contributed by atoms with van der Waals surface area (Å²) in [5, 5.41) is 20.3. The van der Waals surface area contributed by atoms with Crippen LogP contribution in [0.25, 0.3) is 22.5 Å². The van der Waals surface area contributed by atoms with E-state index >= 15 is 0 Å². The molecule has 0 spiro atoms. The number of aliphatic hydroxyl groups is 1. The molecule has 0 aliphatic carbocycles. The van der Waals surface area contributed by atoms with Gasteiger partial charge in [-0.1, -0.05) is 0 Å². The highest BCUT2D eigenvalue weighted by Gasteiger charge is 2.05. The van der Waals surface area contributed by atoms with Crippen LogP contribution in [-0.4, -0.2) is 36.7 Å². The van der Waals surface area contributed by atoms with Crippen LogP contribution in [0.5, 0.6) is 11.6 Å². The maximum absolute atomic E-state index is 8.90. The Kier molecular flexibility index (Phi) is 4.93. The number of ether oxygens (including phenoxy) is 1. The monoisotopic (exact) mass is 361 g/mol. The SMILES string of the molecule is OCCCn1ccc(-c2ccc(Oc3ccc(-c4ccn[nH]4)cn3)cc2)n1. The molecular formula is C20H19N5O2. The van der Waals surface area contributed by atoms with Crippen molar-refractivity contribution in [2.75, 3.05) is 6.61 Å². The molecule has 0 atom stereocenters. The predicted molar refractivity (Wildman–Crippen MR) is 101 cm³/mol. The van der Waals surface area contributed by atoms with Crippen molar-refractivity contribution in [3.63, 3.8) is 0 Å². The number of pyridine rings is 1. The summed E-state index contributed by atoms with van der Waals surface area (Å²) in [5.74, 6) is 1.24. The van der Waals surface area contributed by atoms with Crippen molar-refractivity contribution < 1.29 is 9.84 Å². The average molecular weight is 361 g/mol. The van der Waals surface area contributed by atoms with Crippen molar-refractivity contribution >= 4 is 0 Å². The smallest absolute Gasteiger partial charge is 0.219 e. The van der Waals surface area contributed by atoms with Gasteiger partial charge in [0.05, 0.1) is 11.4 Å². The van der Waals surface area contributed by atoms with Crippen LogP contribution in [0.3, 0.4) is 0 Å². The number of aryl methyl sites for hydroxylation is 1. The van der Waals surface area contributed by atoms with Gasteiger partial charge < -0.3 is 9.84 Å². The van der Waals surface area contributed by atoms with Gasteiger partial charge in [0.25, 0.3) is 0 Å². The molecule has 7 heteroatoms. The Labute approximate surface area is 156 Å². The lowest BCUT2D eigenvalue weighted by Gasteiger charge is -2.06. The maximum atomic E-state index is 8.90. The number of benzene rings is 1. The molecule has 1 aromatic carbocycles. The lowest BCUT2D eigenvalue weighted by molar-refractivity contribution is 0.277. The second-order valence-electron chi connectivity index (χ2n) is 6.02. The molecule has 0 saturated heterocycles. The van der Waals surface area contributed by atoms with E-state index < -0.39 is 0 Å². The minimum absolute atomic E-state index is 0.165. The number of aliphatic hydroxyl groups excluding tert-OH is 1. The van der Waals surface area contributed by atoms with E-state index in [2.05, 4.69) is 20.3 Å². The Hall–Kier alpha value is -3.45. The van der Waals surface area contributed by atoms with Gasteiger partial charge in [0, 0.05) is 48.9 Å². The van der Waals surface area contributed by atoms with Crippen LogP contribution in [0.2, 0.25) is 0 Å². The summed E-state index contributed by atoms with van der Waals surface area (Å²) in [4.78, 5) is 4.34. The lowest BCUT2D eigenvalue weighted by Crippen LogP contribution is -2.00. The van der Waals surface area contributed by atoms with Gasteiger partial charge in [-0.25, -0.2) is 4.98 Å². The van der Waals surface area contributed by atoms with Gasteiger partial charge >= 0.3 is 0 Å². The van der Waals surface area contributed by atoms with Crippen molar-refractivity contribution in [2.45, 2.75) is 13.0 Å². The van der Waals surface area contributed by atoms with Gasteiger partial charge in [-0.15, -0.1) is 0 Å². The molecule has 0 amide bonds. The van der Waals surface area contributed by atoms with E-state index in [0.29, 0.717) is 24.6 Å². The summed E-state index contributed by atoms with van der Waals surface area (Å²) in [5.41, 5.74) is 3.76.